The molecule has 1 aromatic rings. The maximum absolute atomic E-state index is 6.17. The van der Waals surface area contributed by atoms with Crippen LogP contribution in [0.4, 0.5) is 0 Å². The number of nitrogens with zero attached hydrogens (tertiary/aromatic N) is 1. The van der Waals surface area contributed by atoms with Crippen LogP contribution in [0.5, 0.6) is 0 Å². The normalized spacial score (nSPS) is 16.6. The van der Waals surface area contributed by atoms with Crippen LogP contribution in [0.2, 0.25) is 0 Å². The lowest BCUT2D eigenvalue weighted by Crippen LogP contribution is -2.43. The van der Waals surface area contributed by atoms with E-state index in [0.717, 1.165) is 0 Å². The van der Waals surface area contributed by atoms with Crippen LogP contribution >= 0.6 is 0 Å². The third kappa shape index (κ3) is 3.80. The smallest absolute Gasteiger partial charge is 0.0615 e. The fraction of sp³-hybridized carbons (Fsp3) is 0.600. The van der Waals surface area contributed by atoms with Crippen LogP contribution in [0.15, 0.2) is 24.3 Å². The Balaban J connectivity index is 2.95. The molecule has 0 spiro atoms. The number of rotatable bonds is 6. The summed E-state index contributed by atoms with van der Waals surface area (Å²) in [7, 11) is 3.85. The number of likely N-dealkylation sites (N-methyl/N-ethyl adjacent to an activating group) is 1. The van der Waals surface area contributed by atoms with Gasteiger partial charge in [-0.05, 0) is 33.4 Å². The van der Waals surface area contributed by atoms with Gasteiger partial charge in [0.1, 0.15) is 0 Å². The van der Waals surface area contributed by atoms with E-state index < -0.39 is 0 Å². The molecule has 1 rings (SSSR count). The van der Waals surface area contributed by atoms with Gasteiger partial charge in [-0.15, -0.1) is 0 Å². The number of ether oxygens (including phenoxy) is 1. The summed E-state index contributed by atoms with van der Waals surface area (Å²) in [6.07, 6.45) is 0. The van der Waals surface area contributed by atoms with E-state index in [-0.39, 0.29) is 12.1 Å². The SMILES string of the molecule is COCC(C)N(C)C(c1cccc(C)c1)C(C)N. The largest absolute Gasteiger partial charge is 0.383 e. The molecule has 3 atom stereocenters. The lowest BCUT2D eigenvalue weighted by Gasteiger charge is -2.35. The van der Waals surface area contributed by atoms with Crippen molar-refractivity contribution in [1.82, 2.24) is 4.90 Å². The van der Waals surface area contributed by atoms with E-state index in [2.05, 4.69) is 57.0 Å². The van der Waals surface area contributed by atoms with E-state index in [0.29, 0.717) is 12.6 Å². The highest BCUT2D eigenvalue weighted by Gasteiger charge is 2.24. The highest BCUT2D eigenvalue weighted by molar-refractivity contribution is 5.26. The van der Waals surface area contributed by atoms with Gasteiger partial charge in [-0.3, -0.25) is 4.90 Å². The molecular formula is C15H26N2O. The van der Waals surface area contributed by atoms with E-state index in [1.54, 1.807) is 7.11 Å². The van der Waals surface area contributed by atoms with Gasteiger partial charge >= 0.3 is 0 Å². The van der Waals surface area contributed by atoms with Gasteiger partial charge < -0.3 is 10.5 Å². The zero-order valence-corrected chi connectivity index (χ0v) is 12.2. The highest BCUT2D eigenvalue weighted by Crippen LogP contribution is 2.24. The Morgan fingerprint density at radius 2 is 2.00 bits per heavy atom. The summed E-state index contributed by atoms with van der Waals surface area (Å²) in [4.78, 5) is 2.29. The van der Waals surface area contributed by atoms with Crippen molar-refractivity contribution < 1.29 is 4.74 Å². The van der Waals surface area contributed by atoms with Crippen molar-refractivity contribution in [3.8, 4) is 0 Å². The van der Waals surface area contributed by atoms with Crippen LogP contribution < -0.4 is 5.73 Å². The Morgan fingerprint density at radius 1 is 1.33 bits per heavy atom. The molecule has 3 unspecified atom stereocenters. The topological polar surface area (TPSA) is 38.5 Å². The van der Waals surface area contributed by atoms with Crippen molar-refractivity contribution >= 4 is 0 Å². The Labute approximate surface area is 111 Å². The predicted molar refractivity (Wildman–Crippen MR) is 76.7 cm³/mol. The minimum atomic E-state index is 0.0797. The van der Waals surface area contributed by atoms with Crippen molar-refractivity contribution in [2.45, 2.75) is 38.9 Å². The average molecular weight is 250 g/mol. The quantitative estimate of drug-likeness (QED) is 0.842. The summed E-state index contributed by atoms with van der Waals surface area (Å²) in [6, 6.07) is 9.20. The van der Waals surface area contributed by atoms with Crippen molar-refractivity contribution in [1.29, 1.82) is 0 Å². The molecule has 0 aromatic heterocycles. The first kappa shape index (κ1) is 15.2. The molecular weight excluding hydrogens is 224 g/mol. The lowest BCUT2D eigenvalue weighted by molar-refractivity contribution is 0.0819. The molecule has 1 aromatic carbocycles. The molecule has 0 fully saturated rings. The van der Waals surface area contributed by atoms with Gasteiger partial charge in [0.05, 0.1) is 6.61 Å². The second-order valence-electron chi connectivity index (χ2n) is 5.19. The van der Waals surface area contributed by atoms with Crippen LogP contribution in [0.25, 0.3) is 0 Å². The van der Waals surface area contributed by atoms with Gasteiger partial charge in [-0.25, -0.2) is 0 Å². The molecule has 0 saturated heterocycles. The molecule has 0 aliphatic carbocycles. The Hall–Kier alpha value is -0.900. The van der Waals surface area contributed by atoms with Crippen molar-refractivity contribution in [2.75, 3.05) is 20.8 Å². The molecule has 0 aliphatic rings. The van der Waals surface area contributed by atoms with Gasteiger partial charge in [0.15, 0.2) is 0 Å². The minimum absolute atomic E-state index is 0.0797. The zero-order chi connectivity index (χ0) is 13.7. The zero-order valence-electron chi connectivity index (χ0n) is 12.2. The average Bonchev–Trinajstić information content (AvgIpc) is 2.29. The Kier molecular flexibility index (Phi) is 5.79. The van der Waals surface area contributed by atoms with E-state index in [1.807, 2.05) is 0 Å². The Morgan fingerprint density at radius 3 is 2.50 bits per heavy atom. The lowest BCUT2D eigenvalue weighted by atomic mass is 9.97. The summed E-state index contributed by atoms with van der Waals surface area (Å²) >= 11 is 0. The van der Waals surface area contributed by atoms with Crippen LogP contribution in [0.3, 0.4) is 0 Å². The first-order valence-corrected chi connectivity index (χ1v) is 6.50. The highest BCUT2D eigenvalue weighted by atomic mass is 16.5. The monoisotopic (exact) mass is 250 g/mol. The number of hydrogen-bond donors (Lipinski definition) is 1. The molecule has 2 N–H and O–H groups in total. The number of nitrogens with two attached hydrogens (primary N) is 1. The van der Waals surface area contributed by atoms with Gasteiger partial charge in [0.2, 0.25) is 0 Å². The molecule has 102 valence electrons. The first-order valence-electron chi connectivity index (χ1n) is 6.50. The van der Waals surface area contributed by atoms with E-state index in [4.69, 9.17) is 10.5 Å². The fourth-order valence-corrected chi connectivity index (χ4v) is 2.40. The van der Waals surface area contributed by atoms with E-state index in [9.17, 15) is 0 Å². The molecule has 0 radical (unpaired) electrons. The first-order chi connectivity index (χ1) is 8.47. The number of aryl methyl sites for hydroxylation is 1. The van der Waals surface area contributed by atoms with Gasteiger partial charge in [-0.1, -0.05) is 29.8 Å². The number of methoxy groups -OCH3 is 1. The van der Waals surface area contributed by atoms with Gasteiger partial charge in [0.25, 0.3) is 0 Å². The summed E-state index contributed by atoms with van der Waals surface area (Å²) < 4.78 is 5.23. The second-order valence-corrected chi connectivity index (χ2v) is 5.19. The molecule has 18 heavy (non-hydrogen) atoms. The van der Waals surface area contributed by atoms with E-state index >= 15 is 0 Å². The molecule has 0 amide bonds. The van der Waals surface area contributed by atoms with Crippen molar-refractivity contribution in [3.63, 3.8) is 0 Å². The third-order valence-electron chi connectivity index (χ3n) is 3.42. The second kappa shape index (κ2) is 6.88. The van der Waals surface area contributed by atoms with E-state index in [1.165, 1.54) is 11.1 Å². The fourth-order valence-electron chi connectivity index (χ4n) is 2.40. The van der Waals surface area contributed by atoms with Crippen LogP contribution in [0.1, 0.15) is 31.0 Å². The van der Waals surface area contributed by atoms with Gasteiger partial charge in [0, 0.05) is 25.2 Å². The maximum Gasteiger partial charge on any atom is 0.0615 e. The van der Waals surface area contributed by atoms with Crippen LogP contribution in [-0.2, 0) is 4.74 Å². The van der Waals surface area contributed by atoms with Gasteiger partial charge in [-0.2, -0.15) is 0 Å². The molecule has 0 aliphatic heterocycles. The molecule has 3 nitrogen and oxygen atoms in total. The molecule has 0 saturated carbocycles. The maximum atomic E-state index is 6.17. The summed E-state index contributed by atoms with van der Waals surface area (Å²) in [5.74, 6) is 0. The minimum Gasteiger partial charge on any atom is -0.383 e. The molecule has 3 heteroatoms. The molecule has 0 bridgehead atoms. The standard InChI is InChI=1S/C15H26N2O/c1-11-7-6-8-14(9-11)15(13(3)16)17(4)12(2)10-18-5/h6-9,12-13,15H,10,16H2,1-5H3. The van der Waals surface area contributed by atoms with Crippen LogP contribution in [-0.4, -0.2) is 37.7 Å². The van der Waals surface area contributed by atoms with Crippen molar-refractivity contribution in [2.24, 2.45) is 5.73 Å². The summed E-state index contributed by atoms with van der Waals surface area (Å²) in [5, 5.41) is 0. The predicted octanol–water partition coefficient (Wildman–Crippen LogP) is 2.35. The number of benzene rings is 1. The summed E-state index contributed by atoms with van der Waals surface area (Å²) in [5.41, 5.74) is 8.71. The van der Waals surface area contributed by atoms with Crippen molar-refractivity contribution in [3.05, 3.63) is 35.4 Å². The Bertz CT molecular complexity index is 365. The molecule has 0 heterocycles. The summed E-state index contributed by atoms with van der Waals surface area (Å²) in [6.45, 7) is 7.05. The van der Waals surface area contributed by atoms with Crippen LogP contribution in [0, 0.1) is 6.92 Å². The third-order valence-corrected chi connectivity index (χ3v) is 3.42. The number of hydrogen-bond acceptors (Lipinski definition) is 3.